The third-order valence-electron chi connectivity index (χ3n) is 1.48. The first kappa shape index (κ1) is 8.21. The van der Waals surface area contributed by atoms with Crippen molar-refractivity contribution in [2.45, 2.75) is 19.3 Å². The molecule has 2 heteroatoms. The Balaban J connectivity index is 2.28. The maximum atomic E-state index is 8.51. The molecule has 2 nitrogen and oxygen atoms in total. The molecule has 1 heterocycles. The van der Waals surface area contributed by atoms with Gasteiger partial charge in [0.2, 0.25) is 0 Å². The Hall–Kier alpha value is -0.890. The van der Waals surface area contributed by atoms with Gasteiger partial charge in [-0.3, -0.25) is 4.98 Å². The fraction of sp³-hybridized carbons (Fsp3) is 0.444. The Kier molecular flexibility index (Phi) is 3.62. The van der Waals surface area contributed by atoms with Crippen molar-refractivity contribution in [1.29, 1.82) is 0 Å². The molecule has 1 N–H and O–H groups in total. The van der Waals surface area contributed by atoms with Gasteiger partial charge in [0.1, 0.15) is 0 Å². The van der Waals surface area contributed by atoms with Crippen LogP contribution in [0.4, 0.5) is 0 Å². The highest BCUT2D eigenvalue weighted by atomic mass is 16.2. The van der Waals surface area contributed by atoms with E-state index in [1.165, 1.54) is 0 Å². The Labute approximate surface area is 66.9 Å². The molecule has 1 radical (unpaired) electrons. The third kappa shape index (κ3) is 3.14. The molecule has 1 rings (SSSR count). The van der Waals surface area contributed by atoms with Gasteiger partial charge in [-0.15, -0.1) is 0 Å². The summed E-state index contributed by atoms with van der Waals surface area (Å²) in [5.41, 5.74) is 0.987. The fourth-order valence-electron chi connectivity index (χ4n) is 0.899. The minimum absolute atomic E-state index is 0.271. The predicted molar refractivity (Wildman–Crippen MR) is 43.1 cm³/mol. The highest BCUT2D eigenvalue weighted by Gasteiger charge is 1.91. The lowest BCUT2D eigenvalue weighted by Gasteiger charge is -1.96. The zero-order valence-electron chi connectivity index (χ0n) is 6.45. The maximum absolute atomic E-state index is 8.51. The lowest BCUT2D eigenvalue weighted by atomic mass is 10.2. The van der Waals surface area contributed by atoms with Gasteiger partial charge in [0, 0.05) is 24.6 Å². The van der Waals surface area contributed by atoms with E-state index in [0.717, 1.165) is 25.0 Å². The second kappa shape index (κ2) is 4.85. The van der Waals surface area contributed by atoms with Crippen LogP contribution in [0.2, 0.25) is 0 Å². The molecule has 0 aliphatic carbocycles. The fourth-order valence-corrected chi connectivity index (χ4v) is 0.899. The topological polar surface area (TPSA) is 33.1 Å². The monoisotopic (exact) mass is 150 g/mol. The van der Waals surface area contributed by atoms with Crippen LogP contribution in [0.5, 0.6) is 0 Å². The Bertz CT molecular complexity index is 186. The van der Waals surface area contributed by atoms with E-state index in [1.807, 2.05) is 12.1 Å². The first-order valence-electron chi connectivity index (χ1n) is 3.86. The smallest absolute Gasteiger partial charge is 0.0482 e. The number of rotatable bonds is 4. The summed E-state index contributed by atoms with van der Waals surface area (Å²) in [7, 11) is 0. The van der Waals surface area contributed by atoms with E-state index in [-0.39, 0.29) is 6.61 Å². The second-order valence-electron chi connectivity index (χ2n) is 2.41. The lowest BCUT2D eigenvalue weighted by Crippen LogP contribution is -1.90. The molecule has 0 fully saturated rings. The number of hydrogen-bond acceptors (Lipinski definition) is 2. The van der Waals surface area contributed by atoms with Crippen molar-refractivity contribution >= 4 is 0 Å². The van der Waals surface area contributed by atoms with E-state index in [2.05, 4.69) is 11.1 Å². The molecule has 0 bridgehead atoms. The zero-order chi connectivity index (χ0) is 7.94. The number of aryl methyl sites for hydroxylation is 1. The van der Waals surface area contributed by atoms with Crippen LogP contribution in [-0.2, 0) is 6.42 Å². The molecule has 59 valence electrons. The van der Waals surface area contributed by atoms with Crippen LogP contribution in [0.3, 0.4) is 0 Å². The van der Waals surface area contributed by atoms with Gasteiger partial charge in [-0.1, -0.05) is 6.07 Å². The van der Waals surface area contributed by atoms with Gasteiger partial charge in [-0.05, 0) is 25.3 Å². The molecular formula is C9H12NO. The van der Waals surface area contributed by atoms with Gasteiger partial charge in [-0.2, -0.15) is 0 Å². The molecule has 1 aromatic heterocycles. The molecule has 0 aromatic carbocycles. The minimum atomic E-state index is 0.271. The molecule has 0 aliphatic rings. The summed E-state index contributed by atoms with van der Waals surface area (Å²) in [6.07, 6.45) is 4.53. The third-order valence-corrected chi connectivity index (χ3v) is 1.48. The van der Waals surface area contributed by atoms with E-state index < -0.39 is 0 Å². The average Bonchev–Trinajstić information content (AvgIpc) is 2.07. The molecule has 0 saturated heterocycles. The van der Waals surface area contributed by atoms with E-state index in [0.29, 0.717) is 0 Å². The highest BCUT2D eigenvalue weighted by Crippen LogP contribution is 1.99. The van der Waals surface area contributed by atoms with E-state index in [9.17, 15) is 0 Å². The van der Waals surface area contributed by atoms with Gasteiger partial charge in [0.25, 0.3) is 0 Å². The van der Waals surface area contributed by atoms with E-state index >= 15 is 0 Å². The van der Waals surface area contributed by atoms with Crippen LogP contribution in [0.15, 0.2) is 18.3 Å². The number of pyridine rings is 1. The summed E-state index contributed by atoms with van der Waals surface area (Å²) in [5, 5.41) is 8.51. The van der Waals surface area contributed by atoms with Crippen molar-refractivity contribution in [1.82, 2.24) is 4.98 Å². The van der Waals surface area contributed by atoms with Gasteiger partial charge < -0.3 is 5.11 Å². The van der Waals surface area contributed by atoms with Crippen molar-refractivity contribution in [3.63, 3.8) is 0 Å². The molecule has 1 aromatic rings. The minimum Gasteiger partial charge on any atom is -0.396 e. The van der Waals surface area contributed by atoms with Crippen molar-refractivity contribution in [3.05, 3.63) is 30.1 Å². The van der Waals surface area contributed by atoms with Crippen LogP contribution in [0.25, 0.3) is 0 Å². The zero-order valence-corrected chi connectivity index (χ0v) is 6.45. The average molecular weight is 150 g/mol. The first-order valence-corrected chi connectivity index (χ1v) is 3.86. The van der Waals surface area contributed by atoms with Crippen LogP contribution in [0, 0.1) is 6.07 Å². The predicted octanol–water partition coefficient (Wildman–Crippen LogP) is 1.20. The summed E-state index contributed by atoms with van der Waals surface area (Å²) < 4.78 is 0. The molecular weight excluding hydrogens is 138 g/mol. The molecule has 0 aliphatic heterocycles. The first-order chi connectivity index (χ1) is 5.43. The SMILES string of the molecule is OCCCCc1[c]cccn1. The van der Waals surface area contributed by atoms with Gasteiger partial charge in [-0.25, -0.2) is 0 Å². The van der Waals surface area contributed by atoms with Crippen molar-refractivity contribution in [2.24, 2.45) is 0 Å². The van der Waals surface area contributed by atoms with Crippen molar-refractivity contribution in [3.8, 4) is 0 Å². The lowest BCUT2D eigenvalue weighted by molar-refractivity contribution is 0.284. The Morgan fingerprint density at radius 2 is 2.36 bits per heavy atom. The summed E-state index contributed by atoms with van der Waals surface area (Å²) >= 11 is 0. The van der Waals surface area contributed by atoms with Crippen LogP contribution in [0.1, 0.15) is 18.5 Å². The molecule has 11 heavy (non-hydrogen) atoms. The Morgan fingerprint density at radius 1 is 1.45 bits per heavy atom. The van der Waals surface area contributed by atoms with Crippen LogP contribution in [-0.4, -0.2) is 16.7 Å². The number of nitrogens with zero attached hydrogens (tertiary/aromatic N) is 1. The number of aromatic nitrogens is 1. The summed E-state index contributed by atoms with van der Waals surface area (Å²) in [6.45, 7) is 0.271. The number of aliphatic hydroxyl groups excluding tert-OH is 1. The second-order valence-corrected chi connectivity index (χ2v) is 2.41. The van der Waals surface area contributed by atoms with Crippen molar-refractivity contribution < 1.29 is 5.11 Å². The van der Waals surface area contributed by atoms with Crippen LogP contribution >= 0.6 is 0 Å². The quantitative estimate of drug-likeness (QED) is 0.654. The Morgan fingerprint density at radius 3 is 3.00 bits per heavy atom. The van der Waals surface area contributed by atoms with E-state index in [4.69, 9.17) is 5.11 Å². The normalized spacial score (nSPS) is 9.91. The number of aliphatic hydroxyl groups is 1. The molecule has 0 atom stereocenters. The summed E-state index contributed by atoms with van der Waals surface area (Å²) in [5.74, 6) is 0. The van der Waals surface area contributed by atoms with Gasteiger partial charge in [0.15, 0.2) is 0 Å². The largest absolute Gasteiger partial charge is 0.396 e. The maximum Gasteiger partial charge on any atom is 0.0482 e. The molecule has 0 unspecified atom stereocenters. The van der Waals surface area contributed by atoms with Crippen LogP contribution < -0.4 is 0 Å². The van der Waals surface area contributed by atoms with E-state index in [1.54, 1.807) is 6.20 Å². The molecule has 0 amide bonds. The molecule has 0 spiro atoms. The molecule has 0 saturated carbocycles. The van der Waals surface area contributed by atoms with Gasteiger partial charge >= 0.3 is 0 Å². The standard InChI is InChI=1S/C9H12NO/c11-8-4-2-6-9-5-1-3-7-10-9/h1,3,7,11H,2,4,6,8H2. The summed E-state index contributed by atoms with van der Waals surface area (Å²) in [4.78, 5) is 4.11. The highest BCUT2D eigenvalue weighted by molar-refractivity contribution is 5.00. The number of hydrogen-bond donors (Lipinski definition) is 1. The van der Waals surface area contributed by atoms with Crippen molar-refractivity contribution in [2.75, 3.05) is 6.61 Å². The number of unbranched alkanes of at least 4 members (excludes halogenated alkanes) is 1. The van der Waals surface area contributed by atoms with Gasteiger partial charge in [0.05, 0.1) is 0 Å². The summed E-state index contributed by atoms with van der Waals surface area (Å²) in [6, 6.07) is 6.75.